The molecule has 0 N–H and O–H groups in total. The zero-order valence-electron chi connectivity index (χ0n) is 14.2. The average Bonchev–Trinajstić information content (AvgIpc) is 3.18. The fourth-order valence-corrected chi connectivity index (χ4v) is 4.56. The molecular weight excluding hydrogens is 334 g/mol. The van der Waals surface area contributed by atoms with Crippen LogP contribution >= 0.6 is 0 Å². The third-order valence-corrected chi connectivity index (χ3v) is 6.15. The molecule has 5 nitrogen and oxygen atoms in total. The van der Waals surface area contributed by atoms with Gasteiger partial charge in [0.2, 0.25) is 0 Å². The minimum Gasteiger partial charge on any atom is -0.324 e. The molecule has 0 unspecified atom stereocenters. The summed E-state index contributed by atoms with van der Waals surface area (Å²) in [7, 11) is -3.66. The highest BCUT2D eigenvalue weighted by Gasteiger charge is 2.29. The second kappa shape index (κ2) is 5.74. The zero-order chi connectivity index (χ0) is 17.6. The van der Waals surface area contributed by atoms with E-state index in [0.717, 1.165) is 45.2 Å². The predicted molar refractivity (Wildman–Crippen MR) is 97.9 cm³/mol. The third-order valence-electron chi connectivity index (χ3n) is 4.60. The maximum absolute atomic E-state index is 12.8. The lowest BCUT2D eigenvalue weighted by molar-refractivity contribution is 0.579. The first kappa shape index (κ1) is 15.9. The van der Waals surface area contributed by atoms with Gasteiger partial charge in [-0.1, -0.05) is 36.4 Å². The van der Waals surface area contributed by atoms with Gasteiger partial charge in [0.15, 0.2) is 5.82 Å². The molecule has 0 saturated carbocycles. The van der Waals surface area contributed by atoms with Crippen molar-refractivity contribution in [1.29, 1.82) is 0 Å². The van der Waals surface area contributed by atoms with Crippen molar-refractivity contribution in [2.45, 2.75) is 25.2 Å². The molecule has 0 atom stereocenters. The lowest BCUT2D eigenvalue weighted by atomic mass is 10.1. The molecule has 4 rings (SSSR count). The van der Waals surface area contributed by atoms with Crippen molar-refractivity contribution in [2.75, 3.05) is 11.4 Å². The number of rotatable bonds is 3. The van der Waals surface area contributed by atoms with Crippen molar-refractivity contribution >= 4 is 21.5 Å². The normalized spacial score (nSPS) is 13.9. The monoisotopic (exact) mass is 353 g/mol. The van der Waals surface area contributed by atoms with Crippen molar-refractivity contribution in [3.63, 3.8) is 0 Å². The van der Waals surface area contributed by atoms with E-state index in [1.807, 2.05) is 6.07 Å². The molecular formula is C19H19N3O2S. The Morgan fingerprint density at radius 2 is 1.64 bits per heavy atom. The Morgan fingerprint density at radius 3 is 2.32 bits per heavy atom. The molecule has 0 spiro atoms. The van der Waals surface area contributed by atoms with Crippen LogP contribution in [0.15, 0.2) is 59.6 Å². The second-order valence-electron chi connectivity index (χ2n) is 6.31. The summed E-state index contributed by atoms with van der Waals surface area (Å²) >= 11 is 0. The summed E-state index contributed by atoms with van der Waals surface area (Å²) in [6.07, 6.45) is 2.43. The first-order valence-corrected chi connectivity index (χ1v) is 9.65. The van der Waals surface area contributed by atoms with Crippen LogP contribution in [0.2, 0.25) is 0 Å². The van der Waals surface area contributed by atoms with E-state index >= 15 is 0 Å². The van der Waals surface area contributed by atoms with Gasteiger partial charge in [-0.15, -0.1) is 5.10 Å². The molecule has 0 saturated heterocycles. The molecule has 3 aromatic rings. The Labute approximate surface area is 147 Å². The minimum atomic E-state index is -3.66. The van der Waals surface area contributed by atoms with Crippen LogP contribution in [0.5, 0.6) is 0 Å². The van der Waals surface area contributed by atoms with Gasteiger partial charge in [-0.3, -0.25) is 0 Å². The van der Waals surface area contributed by atoms with Crippen LogP contribution in [0.1, 0.15) is 16.7 Å². The van der Waals surface area contributed by atoms with Crippen LogP contribution in [0.4, 0.5) is 11.5 Å². The summed E-state index contributed by atoms with van der Waals surface area (Å²) in [4.78, 5) is 2.37. The third kappa shape index (κ3) is 2.53. The molecule has 0 radical (unpaired) electrons. The van der Waals surface area contributed by atoms with E-state index in [1.54, 1.807) is 36.5 Å². The van der Waals surface area contributed by atoms with Crippen molar-refractivity contribution in [1.82, 2.24) is 9.19 Å². The molecule has 128 valence electrons. The molecule has 1 aromatic heterocycles. The van der Waals surface area contributed by atoms with Crippen molar-refractivity contribution < 1.29 is 8.42 Å². The van der Waals surface area contributed by atoms with Crippen LogP contribution in [0.25, 0.3) is 0 Å². The number of aromatic nitrogens is 2. The smallest absolute Gasteiger partial charge is 0.283 e. The highest BCUT2D eigenvalue weighted by Crippen LogP contribution is 2.37. The van der Waals surface area contributed by atoms with Gasteiger partial charge in [-0.05, 0) is 43.5 Å². The average molecular weight is 353 g/mol. The summed E-state index contributed by atoms with van der Waals surface area (Å²) in [5, 5.41) is 4.43. The molecule has 1 aliphatic rings. The van der Waals surface area contributed by atoms with Crippen molar-refractivity contribution in [2.24, 2.45) is 0 Å². The van der Waals surface area contributed by atoms with Gasteiger partial charge >= 0.3 is 0 Å². The summed E-state index contributed by atoms with van der Waals surface area (Å²) in [5.41, 5.74) is 4.40. The number of aryl methyl sites for hydroxylation is 2. The number of benzene rings is 2. The maximum Gasteiger partial charge on any atom is 0.283 e. The first-order valence-electron chi connectivity index (χ1n) is 8.21. The van der Waals surface area contributed by atoms with E-state index in [4.69, 9.17) is 0 Å². The SMILES string of the molecule is Cc1cccc(C)c1N1CCc2cn(S(=O)(=O)c3ccccc3)nc21. The molecule has 2 heterocycles. The van der Waals surface area contributed by atoms with Crippen LogP contribution in [-0.4, -0.2) is 24.1 Å². The summed E-state index contributed by atoms with van der Waals surface area (Å²) in [6.45, 7) is 4.95. The topological polar surface area (TPSA) is 55.2 Å². The van der Waals surface area contributed by atoms with Crippen LogP contribution in [-0.2, 0) is 16.4 Å². The van der Waals surface area contributed by atoms with Gasteiger partial charge in [0.1, 0.15) is 0 Å². The fourth-order valence-electron chi connectivity index (χ4n) is 3.39. The molecule has 0 aliphatic carbocycles. The summed E-state index contributed by atoms with van der Waals surface area (Å²) in [6, 6.07) is 14.6. The number of hydrogen-bond acceptors (Lipinski definition) is 4. The van der Waals surface area contributed by atoms with E-state index in [2.05, 4.69) is 36.0 Å². The Kier molecular flexibility index (Phi) is 3.65. The number of anilines is 2. The van der Waals surface area contributed by atoms with E-state index < -0.39 is 10.0 Å². The Balaban J connectivity index is 1.79. The highest BCUT2D eigenvalue weighted by atomic mass is 32.2. The van der Waals surface area contributed by atoms with E-state index in [9.17, 15) is 8.42 Å². The maximum atomic E-state index is 12.8. The first-order chi connectivity index (χ1) is 12.0. The highest BCUT2D eigenvalue weighted by molar-refractivity contribution is 7.89. The van der Waals surface area contributed by atoms with Gasteiger partial charge in [-0.25, -0.2) is 0 Å². The summed E-state index contributed by atoms with van der Waals surface area (Å²) in [5.74, 6) is 0.733. The zero-order valence-corrected chi connectivity index (χ0v) is 15.0. The molecule has 2 aromatic carbocycles. The van der Waals surface area contributed by atoms with E-state index in [1.165, 1.54) is 0 Å². The Hall–Kier alpha value is -2.60. The number of fused-ring (bicyclic) bond motifs is 1. The van der Waals surface area contributed by atoms with Crippen molar-refractivity contribution in [3.05, 3.63) is 71.4 Å². The van der Waals surface area contributed by atoms with Gasteiger partial charge in [0.25, 0.3) is 10.0 Å². The molecule has 0 bridgehead atoms. The predicted octanol–water partition coefficient (Wildman–Crippen LogP) is 3.43. The lowest BCUT2D eigenvalue weighted by Gasteiger charge is -2.22. The molecule has 6 heteroatoms. The van der Waals surface area contributed by atoms with Gasteiger partial charge in [-0.2, -0.15) is 12.5 Å². The Morgan fingerprint density at radius 1 is 0.960 bits per heavy atom. The molecule has 1 aliphatic heterocycles. The van der Waals surface area contributed by atoms with Gasteiger partial charge in [0, 0.05) is 24.0 Å². The quantitative estimate of drug-likeness (QED) is 0.724. The minimum absolute atomic E-state index is 0.245. The van der Waals surface area contributed by atoms with Gasteiger partial charge < -0.3 is 4.90 Å². The number of hydrogen-bond donors (Lipinski definition) is 0. The largest absolute Gasteiger partial charge is 0.324 e. The van der Waals surface area contributed by atoms with Crippen LogP contribution in [0.3, 0.4) is 0 Å². The van der Waals surface area contributed by atoms with Gasteiger partial charge in [0.05, 0.1) is 4.90 Å². The number of para-hydroxylation sites is 1. The molecule has 0 amide bonds. The van der Waals surface area contributed by atoms with Crippen LogP contribution in [0, 0.1) is 13.8 Å². The number of nitrogens with zero attached hydrogens (tertiary/aromatic N) is 3. The lowest BCUT2D eigenvalue weighted by Crippen LogP contribution is -2.19. The second-order valence-corrected chi connectivity index (χ2v) is 8.11. The van der Waals surface area contributed by atoms with Crippen molar-refractivity contribution in [3.8, 4) is 0 Å². The standard InChI is InChI=1S/C19H19N3O2S/c1-14-7-6-8-15(2)18(14)21-12-11-16-13-22(20-19(16)21)25(23,24)17-9-4-3-5-10-17/h3-10,13H,11-12H2,1-2H3. The Bertz CT molecular complexity index is 1020. The molecule has 25 heavy (non-hydrogen) atoms. The van der Waals surface area contributed by atoms with E-state index in [-0.39, 0.29) is 4.90 Å². The molecule has 0 fully saturated rings. The van der Waals surface area contributed by atoms with Crippen LogP contribution < -0.4 is 4.90 Å². The van der Waals surface area contributed by atoms with E-state index in [0.29, 0.717) is 0 Å². The fraction of sp³-hybridized carbons (Fsp3) is 0.211. The summed E-state index contributed by atoms with van der Waals surface area (Å²) < 4.78 is 26.7.